The van der Waals surface area contributed by atoms with E-state index in [1.807, 2.05) is 29.6 Å². The fraction of sp³-hybridized carbons (Fsp3) is 0.118. The van der Waals surface area contributed by atoms with Crippen LogP contribution in [0, 0.1) is 0 Å². The number of carboxylic acid groups (broad SMARTS) is 1. The third-order valence-corrected chi connectivity index (χ3v) is 4.64. The van der Waals surface area contributed by atoms with Gasteiger partial charge in [-0.25, -0.2) is 4.98 Å². The fourth-order valence-corrected chi connectivity index (χ4v) is 3.34. The van der Waals surface area contributed by atoms with Gasteiger partial charge in [-0.15, -0.1) is 11.3 Å². The van der Waals surface area contributed by atoms with E-state index < -0.39 is 11.5 Å². The summed E-state index contributed by atoms with van der Waals surface area (Å²) in [7, 11) is 0. The van der Waals surface area contributed by atoms with Crippen LogP contribution in [0.25, 0.3) is 27.1 Å². The van der Waals surface area contributed by atoms with E-state index in [-0.39, 0.29) is 18.5 Å². The van der Waals surface area contributed by atoms with Crippen LogP contribution in [0.2, 0.25) is 0 Å². The molecule has 0 saturated carbocycles. The molecule has 0 aliphatic heterocycles. The third kappa shape index (κ3) is 2.76. The molecule has 0 bridgehead atoms. The van der Waals surface area contributed by atoms with E-state index >= 15 is 0 Å². The minimum absolute atomic E-state index is 0.0808. The zero-order valence-electron chi connectivity index (χ0n) is 12.9. The zero-order chi connectivity index (χ0) is 17.4. The van der Waals surface area contributed by atoms with Crippen molar-refractivity contribution in [3.05, 3.63) is 58.0 Å². The van der Waals surface area contributed by atoms with Crippen molar-refractivity contribution < 1.29 is 9.90 Å². The highest BCUT2D eigenvalue weighted by atomic mass is 32.1. The lowest BCUT2D eigenvalue weighted by Crippen LogP contribution is -2.19. The number of nitrogens with zero attached hydrogens (tertiary/aromatic N) is 4. The molecule has 0 aliphatic rings. The fourth-order valence-electron chi connectivity index (χ4n) is 2.64. The lowest BCUT2D eigenvalue weighted by molar-refractivity contribution is -0.137. The average Bonchev–Trinajstić information content (AvgIpc) is 3.13. The van der Waals surface area contributed by atoms with E-state index in [2.05, 4.69) is 15.1 Å². The van der Waals surface area contributed by atoms with Gasteiger partial charge in [-0.05, 0) is 23.6 Å². The van der Waals surface area contributed by atoms with Crippen LogP contribution in [0.3, 0.4) is 0 Å². The molecular formula is C17H12N4O3S. The van der Waals surface area contributed by atoms with Gasteiger partial charge in [-0.1, -0.05) is 18.2 Å². The van der Waals surface area contributed by atoms with Gasteiger partial charge in [0.15, 0.2) is 11.3 Å². The predicted octanol–water partition coefficient (Wildman–Crippen LogP) is 2.38. The largest absolute Gasteiger partial charge is 0.481 e. The van der Waals surface area contributed by atoms with Crippen molar-refractivity contribution in [3.63, 3.8) is 0 Å². The van der Waals surface area contributed by atoms with E-state index in [1.54, 1.807) is 12.1 Å². The first-order chi connectivity index (χ1) is 12.1. The zero-order valence-corrected chi connectivity index (χ0v) is 13.7. The number of aromatic nitrogens is 4. The lowest BCUT2D eigenvalue weighted by Gasteiger charge is -2.10. The van der Waals surface area contributed by atoms with Gasteiger partial charge in [0.1, 0.15) is 5.82 Å². The molecule has 4 rings (SSSR count). The molecule has 0 atom stereocenters. The molecule has 25 heavy (non-hydrogen) atoms. The number of para-hydroxylation sites is 1. The van der Waals surface area contributed by atoms with E-state index in [0.29, 0.717) is 27.3 Å². The Kier molecular flexibility index (Phi) is 3.73. The summed E-state index contributed by atoms with van der Waals surface area (Å²) in [6.07, 6.45) is 0.112. The van der Waals surface area contributed by atoms with Gasteiger partial charge in [0.2, 0.25) is 0 Å². The van der Waals surface area contributed by atoms with Crippen LogP contribution in [0.15, 0.2) is 46.6 Å². The number of aryl methyl sites for hydroxylation is 1. The van der Waals surface area contributed by atoms with Crippen LogP contribution in [0.1, 0.15) is 12.2 Å². The van der Waals surface area contributed by atoms with Gasteiger partial charge in [-0.3, -0.25) is 9.59 Å². The quantitative estimate of drug-likeness (QED) is 0.566. The smallest absolute Gasteiger partial charge is 0.303 e. The Balaban J connectivity index is 2.04. The molecule has 0 radical (unpaired) electrons. The maximum atomic E-state index is 12.5. The molecule has 4 aromatic rings. The molecule has 1 aromatic carbocycles. The molecule has 0 saturated heterocycles. The summed E-state index contributed by atoms with van der Waals surface area (Å²) in [6, 6.07) is 10.9. The van der Waals surface area contributed by atoms with Crippen molar-refractivity contribution in [3.8, 4) is 10.6 Å². The first-order valence-corrected chi connectivity index (χ1v) is 8.46. The second-order valence-electron chi connectivity index (χ2n) is 5.42. The molecule has 0 amide bonds. The number of benzene rings is 1. The van der Waals surface area contributed by atoms with Crippen molar-refractivity contribution in [2.45, 2.75) is 12.8 Å². The molecule has 0 aliphatic carbocycles. The monoisotopic (exact) mass is 352 g/mol. The number of hydrogen-bond donors (Lipinski definition) is 1. The number of thiophene rings is 1. The SMILES string of the molecule is O=C(O)CCc1nc2ccccc2c2nc(=O)c(-c3cccs3)nn12. The number of aliphatic carboxylic acids is 1. The van der Waals surface area contributed by atoms with Crippen molar-refractivity contribution in [1.82, 2.24) is 19.6 Å². The number of hydrogen-bond acceptors (Lipinski definition) is 6. The minimum Gasteiger partial charge on any atom is -0.481 e. The topological polar surface area (TPSA) is 97.5 Å². The van der Waals surface area contributed by atoms with Crippen molar-refractivity contribution in [2.75, 3.05) is 0 Å². The molecular weight excluding hydrogens is 340 g/mol. The first-order valence-electron chi connectivity index (χ1n) is 7.58. The average molecular weight is 352 g/mol. The Bertz CT molecular complexity index is 1150. The van der Waals surface area contributed by atoms with Gasteiger partial charge in [0.25, 0.3) is 0 Å². The van der Waals surface area contributed by atoms with Gasteiger partial charge in [0.05, 0.1) is 16.8 Å². The van der Waals surface area contributed by atoms with Crippen molar-refractivity contribution >= 4 is 33.9 Å². The molecule has 1 N–H and O–H groups in total. The summed E-state index contributed by atoms with van der Waals surface area (Å²) in [4.78, 5) is 32.9. The predicted molar refractivity (Wildman–Crippen MR) is 93.8 cm³/mol. The highest BCUT2D eigenvalue weighted by Crippen LogP contribution is 2.22. The Hall–Kier alpha value is -3.13. The van der Waals surface area contributed by atoms with Gasteiger partial charge < -0.3 is 5.11 Å². The van der Waals surface area contributed by atoms with E-state index in [0.717, 1.165) is 0 Å². The van der Waals surface area contributed by atoms with Crippen LogP contribution in [0.5, 0.6) is 0 Å². The number of rotatable bonds is 4. The Labute approximate surface area is 145 Å². The molecule has 7 nitrogen and oxygen atoms in total. The van der Waals surface area contributed by atoms with Crippen LogP contribution in [-0.4, -0.2) is 30.7 Å². The Morgan fingerprint density at radius 3 is 2.76 bits per heavy atom. The van der Waals surface area contributed by atoms with Gasteiger partial charge in [0, 0.05) is 11.8 Å². The van der Waals surface area contributed by atoms with Crippen molar-refractivity contribution in [1.29, 1.82) is 0 Å². The molecule has 3 heterocycles. The van der Waals surface area contributed by atoms with Crippen molar-refractivity contribution in [2.24, 2.45) is 0 Å². The third-order valence-electron chi connectivity index (χ3n) is 3.77. The van der Waals surface area contributed by atoms with Gasteiger partial charge in [-0.2, -0.15) is 14.6 Å². The maximum Gasteiger partial charge on any atom is 0.303 e. The summed E-state index contributed by atoms with van der Waals surface area (Å²) in [5, 5.41) is 16.0. The standard InChI is InChI=1S/C17H12N4O3S/c22-14(23)8-7-13-18-11-5-2-1-4-10(11)16-19-17(24)15(20-21(13)16)12-6-3-9-25-12/h1-6,9H,7-8H2,(H,22,23). The van der Waals surface area contributed by atoms with Crippen LogP contribution in [-0.2, 0) is 11.2 Å². The van der Waals surface area contributed by atoms with E-state index in [9.17, 15) is 9.59 Å². The van der Waals surface area contributed by atoms with Crippen LogP contribution >= 0.6 is 11.3 Å². The number of carboxylic acids is 1. The molecule has 0 fully saturated rings. The lowest BCUT2D eigenvalue weighted by atomic mass is 10.2. The molecule has 0 unspecified atom stereocenters. The van der Waals surface area contributed by atoms with Crippen LogP contribution in [0.4, 0.5) is 0 Å². The summed E-state index contributed by atoms with van der Waals surface area (Å²) >= 11 is 1.40. The second-order valence-corrected chi connectivity index (χ2v) is 6.36. The Morgan fingerprint density at radius 2 is 2.00 bits per heavy atom. The second kappa shape index (κ2) is 6.06. The normalized spacial score (nSPS) is 11.2. The Morgan fingerprint density at radius 1 is 1.16 bits per heavy atom. The minimum atomic E-state index is -0.921. The molecule has 3 aromatic heterocycles. The van der Waals surface area contributed by atoms with Crippen LogP contribution < -0.4 is 5.56 Å². The number of carbonyl (C=O) groups is 1. The summed E-state index contributed by atoms with van der Waals surface area (Å²) in [5.74, 6) is -0.461. The first kappa shape index (κ1) is 15.4. The summed E-state index contributed by atoms with van der Waals surface area (Å²) < 4.78 is 1.49. The number of fused-ring (bicyclic) bond motifs is 3. The summed E-state index contributed by atoms with van der Waals surface area (Å²) in [6.45, 7) is 0. The van der Waals surface area contributed by atoms with Gasteiger partial charge >= 0.3 is 11.5 Å². The molecule has 0 spiro atoms. The highest BCUT2D eigenvalue weighted by Gasteiger charge is 2.15. The maximum absolute atomic E-state index is 12.5. The summed E-state index contributed by atoms with van der Waals surface area (Å²) in [5.41, 5.74) is 0.862. The molecule has 124 valence electrons. The molecule has 8 heteroatoms. The van der Waals surface area contributed by atoms with E-state index in [4.69, 9.17) is 5.11 Å². The highest BCUT2D eigenvalue weighted by molar-refractivity contribution is 7.13. The van der Waals surface area contributed by atoms with E-state index in [1.165, 1.54) is 15.9 Å².